The van der Waals surface area contributed by atoms with Gasteiger partial charge in [0.1, 0.15) is 0 Å². The maximum Gasteiger partial charge on any atom is 0.330 e. The molecule has 4 aromatic carbocycles. The number of carbonyl (C=O) groups is 1. The molecule has 0 aliphatic rings. The summed E-state index contributed by atoms with van der Waals surface area (Å²) in [6.45, 7) is 3.76. The first-order valence-electron chi connectivity index (χ1n) is 10.6. The smallest absolute Gasteiger partial charge is 0.330 e. The van der Waals surface area contributed by atoms with Crippen molar-refractivity contribution in [3.8, 4) is 0 Å². The largest absolute Gasteiger partial charge is 0.462 e. The second kappa shape index (κ2) is 11.3. The van der Waals surface area contributed by atoms with Gasteiger partial charge in [-0.15, -0.1) is 23.5 Å². The zero-order valence-electron chi connectivity index (χ0n) is 17.8. The van der Waals surface area contributed by atoms with Crippen molar-refractivity contribution in [3.05, 3.63) is 104 Å². The van der Waals surface area contributed by atoms with Gasteiger partial charge in [0.25, 0.3) is 0 Å². The Hall–Kier alpha value is -2.69. The van der Waals surface area contributed by atoms with Crippen molar-refractivity contribution < 1.29 is 9.53 Å². The van der Waals surface area contributed by atoms with Crippen LogP contribution in [0.4, 0.5) is 0 Å². The molecule has 0 amide bonds. The van der Waals surface area contributed by atoms with Crippen LogP contribution in [0.3, 0.4) is 0 Å². The molecule has 4 rings (SSSR count). The quantitative estimate of drug-likeness (QED) is 0.141. The van der Waals surface area contributed by atoms with Crippen LogP contribution < -0.4 is 0 Å². The van der Waals surface area contributed by atoms with Gasteiger partial charge in [-0.05, 0) is 51.7 Å². The van der Waals surface area contributed by atoms with Gasteiger partial charge < -0.3 is 4.74 Å². The number of rotatable bonds is 10. The number of carbonyl (C=O) groups excluding carboxylic acids is 1. The van der Waals surface area contributed by atoms with E-state index in [9.17, 15) is 4.79 Å². The fraction of sp³-hybridized carbons (Fsp3) is 0.143. The molecule has 0 N–H and O–H groups in total. The molecule has 0 spiro atoms. The summed E-state index contributed by atoms with van der Waals surface area (Å²) in [5, 5.41) is 5.01. The topological polar surface area (TPSA) is 26.3 Å². The molecule has 0 fully saturated rings. The SMILES string of the molecule is C=CC(=O)OC[CH]C(CSc1ccc2ccccc2c1)CSc1ccc2ccccc2c1. The van der Waals surface area contributed by atoms with E-state index in [1.54, 1.807) is 0 Å². The number of esters is 1. The third-order valence-electron chi connectivity index (χ3n) is 5.19. The van der Waals surface area contributed by atoms with Crippen LogP contribution in [-0.4, -0.2) is 24.1 Å². The van der Waals surface area contributed by atoms with Crippen LogP contribution in [0.2, 0.25) is 0 Å². The van der Waals surface area contributed by atoms with Crippen molar-refractivity contribution in [1.82, 2.24) is 0 Å². The van der Waals surface area contributed by atoms with Gasteiger partial charge in [-0.3, -0.25) is 0 Å². The molecule has 4 heteroatoms. The molecule has 0 aromatic heterocycles. The Bertz CT molecular complexity index is 1130. The standard InChI is InChI=1S/C28H25O2S2/c1-2-28(29)30-16-15-21(19-31-26-13-11-22-7-3-5-9-24(22)17-26)20-32-27-14-12-23-8-4-6-10-25(23)18-27/h2-15,17-18,21H,1,16,19-20H2. The minimum absolute atomic E-state index is 0.292. The van der Waals surface area contributed by atoms with Gasteiger partial charge >= 0.3 is 5.97 Å². The molecule has 0 atom stereocenters. The van der Waals surface area contributed by atoms with E-state index in [-0.39, 0.29) is 5.97 Å². The molecule has 0 bridgehead atoms. The molecule has 0 unspecified atom stereocenters. The maximum atomic E-state index is 11.4. The van der Waals surface area contributed by atoms with Crippen LogP contribution >= 0.6 is 23.5 Å². The molecule has 0 aliphatic carbocycles. The predicted molar refractivity (Wildman–Crippen MR) is 138 cm³/mol. The first-order chi connectivity index (χ1) is 15.7. The third kappa shape index (κ3) is 6.18. The van der Waals surface area contributed by atoms with E-state index in [2.05, 4.69) is 97.9 Å². The first-order valence-corrected chi connectivity index (χ1v) is 12.5. The molecule has 2 nitrogen and oxygen atoms in total. The Kier molecular flexibility index (Phi) is 7.92. The number of benzene rings is 4. The van der Waals surface area contributed by atoms with Crippen molar-refractivity contribution in [3.63, 3.8) is 0 Å². The van der Waals surface area contributed by atoms with Gasteiger partial charge in [0.2, 0.25) is 0 Å². The van der Waals surface area contributed by atoms with Crippen molar-refractivity contribution in [1.29, 1.82) is 0 Å². The summed E-state index contributed by atoms with van der Waals surface area (Å²) in [5.41, 5.74) is 0. The monoisotopic (exact) mass is 457 g/mol. The number of hydrogen-bond acceptors (Lipinski definition) is 4. The molecule has 4 aromatic rings. The van der Waals surface area contributed by atoms with E-state index in [0.29, 0.717) is 12.5 Å². The highest BCUT2D eigenvalue weighted by molar-refractivity contribution is 8.00. The number of ether oxygens (including phenoxy) is 1. The number of thioether (sulfide) groups is 2. The van der Waals surface area contributed by atoms with Crippen molar-refractivity contribution in [2.45, 2.75) is 9.79 Å². The summed E-state index contributed by atoms with van der Waals surface area (Å²) in [5.74, 6) is 1.75. The molecule has 32 heavy (non-hydrogen) atoms. The highest BCUT2D eigenvalue weighted by atomic mass is 32.2. The van der Waals surface area contributed by atoms with Gasteiger partial charge in [-0.2, -0.15) is 0 Å². The molecular weight excluding hydrogens is 432 g/mol. The Labute approximate surface area is 198 Å². The summed E-state index contributed by atoms with van der Waals surface area (Å²) < 4.78 is 5.21. The average Bonchev–Trinajstić information content (AvgIpc) is 2.84. The third-order valence-corrected chi connectivity index (χ3v) is 7.56. The minimum Gasteiger partial charge on any atom is -0.462 e. The fourth-order valence-corrected chi connectivity index (χ4v) is 5.65. The molecule has 0 saturated heterocycles. The Morgan fingerprint density at radius 1 is 0.781 bits per heavy atom. The van der Waals surface area contributed by atoms with E-state index in [4.69, 9.17) is 4.74 Å². The van der Waals surface area contributed by atoms with Crippen LogP contribution in [0.25, 0.3) is 21.5 Å². The molecule has 161 valence electrons. The maximum absolute atomic E-state index is 11.4. The summed E-state index contributed by atoms with van der Waals surface area (Å²) in [7, 11) is 0. The molecular formula is C28H25O2S2. The van der Waals surface area contributed by atoms with Crippen LogP contribution in [0.1, 0.15) is 0 Å². The lowest BCUT2D eigenvalue weighted by atomic mass is 10.1. The summed E-state index contributed by atoms with van der Waals surface area (Å²) in [6, 6.07) is 30.0. The lowest BCUT2D eigenvalue weighted by Crippen LogP contribution is -2.13. The molecule has 0 aliphatic heterocycles. The first kappa shape index (κ1) is 22.5. The Morgan fingerprint density at radius 2 is 1.28 bits per heavy atom. The van der Waals surface area contributed by atoms with Crippen LogP contribution in [0, 0.1) is 12.3 Å². The Morgan fingerprint density at radius 3 is 1.78 bits per heavy atom. The van der Waals surface area contributed by atoms with Crippen molar-refractivity contribution >= 4 is 51.0 Å². The van der Waals surface area contributed by atoms with Crippen molar-refractivity contribution in [2.24, 2.45) is 5.92 Å². The average molecular weight is 458 g/mol. The minimum atomic E-state index is -0.385. The van der Waals surface area contributed by atoms with Gasteiger partial charge in [-0.1, -0.05) is 67.2 Å². The van der Waals surface area contributed by atoms with Gasteiger partial charge in [-0.25, -0.2) is 4.79 Å². The van der Waals surface area contributed by atoms with Gasteiger partial charge in [0.05, 0.1) is 6.61 Å². The molecule has 0 saturated carbocycles. The van der Waals surface area contributed by atoms with E-state index in [1.165, 1.54) is 37.4 Å². The number of fused-ring (bicyclic) bond motifs is 2. The summed E-state index contributed by atoms with van der Waals surface area (Å²) in [6.07, 6.45) is 3.31. The zero-order valence-corrected chi connectivity index (χ0v) is 19.4. The fourth-order valence-electron chi connectivity index (χ4n) is 3.43. The zero-order chi connectivity index (χ0) is 22.2. The van der Waals surface area contributed by atoms with E-state index in [1.807, 2.05) is 23.5 Å². The highest BCUT2D eigenvalue weighted by Crippen LogP contribution is 2.30. The van der Waals surface area contributed by atoms with Crippen molar-refractivity contribution in [2.75, 3.05) is 18.1 Å². The van der Waals surface area contributed by atoms with E-state index >= 15 is 0 Å². The lowest BCUT2D eigenvalue weighted by molar-refractivity contribution is -0.137. The van der Waals surface area contributed by atoms with Crippen LogP contribution in [-0.2, 0) is 9.53 Å². The second-order valence-electron chi connectivity index (χ2n) is 7.47. The van der Waals surface area contributed by atoms with Crippen LogP contribution in [0.15, 0.2) is 107 Å². The molecule has 0 heterocycles. The van der Waals surface area contributed by atoms with Gasteiger partial charge in [0.15, 0.2) is 0 Å². The van der Waals surface area contributed by atoms with E-state index in [0.717, 1.165) is 11.5 Å². The van der Waals surface area contributed by atoms with Gasteiger partial charge in [0, 0.05) is 33.8 Å². The highest BCUT2D eigenvalue weighted by Gasteiger charge is 2.13. The number of hydrogen-bond donors (Lipinski definition) is 0. The summed E-state index contributed by atoms with van der Waals surface area (Å²) >= 11 is 3.68. The second-order valence-corrected chi connectivity index (χ2v) is 9.66. The normalized spacial score (nSPS) is 11.2. The molecule has 1 radical (unpaired) electrons. The Balaban J connectivity index is 1.40. The predicted octanol–water partition coefficient (Wildman–Crippen LogP) is 7.43. The van der Waals surface area contributed by atoms with Crippen LogP contribution in [0.5, 0.6) is 0 Å². The van der Waals surface area contributed by atoms with E-state index < -0.39 is 0 Å². The lowest BCUT2D eigenvalue weighted by Gasteiger charge is -2.16. The summed E-state index contributed by atoms with van der Waals surface area (Å²) in [4.78, 5) is 13.9.